The standard InChI is InChI=1S/C10H11NO2.C2H6/c1-8(7-12)13-9(2)10-4-3-5-11-6-10;1-2/h3-6,12H,1-2,7H2;1-2H3. The highest BCUT2D eigenvalue weighted by atomic mass is 16.5. The first-order valence-electron chi connectivity index (χ1n) is 4.80. The maximum atomic E-state index is 8.65. The smallest absolute Gasteiger partial charge is 0.128 e. The van der Waals surface area contributed by atoms with Gasteiger partial charge in [0.2, 0.25) is 0 Å². The molecule has 1 N–H and O–H groups in total. The number of hydrogen-bond donors (Lipinski definition) is 1. The zero-order valence-electron chi connectivity index (χ0n) is 9.23. The molecule has 0 amide bonds. The van der Waals surface area contributed by atoms with Crippen LogP contribution in [0.15, 0.2) is 43.4 Å². The van der Waals surface area contributed by atoms with Gasteiger partial charge in [-0.25, -0.2) is 0 Å². The minimum absolute atomic E-state index is 0.209. The summed E-state index contributed by atoms with van der Waals surface area (Å²) in [6.07, 6.45) is 3.30. The number of aliphatic hydroxyl groups is 1. The largest absolute Gasteiger partial charge is 0.460 e. The summed E-state index contributed by atoms with van der Waals surface area (Å²) in [6, 6.07) is 3.60. The second-order valence-corrected chi connectivity index (χ2v) is 2.46. The summed E-state index contributed by atoms with van der Waals surface area (Å²) in [4.78, 5) is 3.91. The van der Waals surface area contributed by atoms with Crippen molar-refractivity contribution in [1.82, 2.24) is 4.98 Å². The average Bonchev–Trinajstić information content (AvgIpc) is 2.32. The number of nitrogens with zero attached hydrogens (tertiary/aromatic N) is 1. The highest BCUT2D eigenvalue weighted by molar-refractivity contribution is 5.56. The Bertz CT molecular complexity index is 307. The Hall–Kier alpha value is -1.61. The predicted octanol–water partition coefficient (Wildman–Crippen LogP) is 2.60. The van der Waals surface area contributed by atoms with Gasteiger partial charge < -0.3 is 9.84 Å². The molecule has 0 radical (unpaired) electrons. The molecule has 82 valence electrons. The number of aliphatic hydroxyl groups excluding tert-OH is 1. The van der Waals surface area contributed by atoms with Crippen LogP contribution >= 0.6 is 0 Å². The van der Waals surface area contributed by atoms with E-state index in [0.717, 1.165) is 5.56 Å². The Morgan fingerprint density at radius 3 is 2.60 bits per heavy atom. The molecule has 0 aliphatic heterocycles. The lowest BCUT2D eigenvalue weighted by molar-refractivity contribution is 0.249. The van der Waals surface area contributed by atoms with E-state index in [1.807, 2.05) is 19.9 Å². The monoisotopic (exact) mass is 207 g/mol. The highest BCUT2D eigenvalue weighted by Gasteiger charge is 2.00. The number of pyridine rings is 1. The van der Waals surface area contributed by atoms with Crippen LogP contribution in [0.3, 0.4) is 0 Å². The van der Waals surface area contributed by atoms with Crippen LogP contribution in [0.1, 0.15) is 19.4 Å². The molecule has 1 rings (SSSR count). The van der Waals surface area contributed by atoms with Gasteiger partial charge in [0.1, 0.15) is 18.1 Å². The van der Waals surface area contributed by atoms with Crippen molar-refractivity contribution in [3.63, 3.8) is 0 Å². The SMILES string of the molecule is C=C(CO)OC(=C)c1cccnc1.CC. The molecule has 0 saturated heterocycles. The molecule has 0 atom stereocenters. The molecular weight excluding hydrogens is 190 g/mol. The fraction of sp³-hybridized carbons (Fsp3) is 0.250. The molecule has 0 fully saturated rings. The summed E-state index contributed by atoms with van der Waals surface area (Å²) in [5.74, 6) is 0.709. The predicted molar refractivity (Wildman–Crippen MR) is 61.9 cm³/mol. The molecule has 0 aliphatic carbocycles. The highest BCUT2D eigenvalue weighted by Crippen LogP contribution is 2.14. The number of rotatable bonds is 4. The normalized spacial score (nSPS) is 8.47. The molecule has 3 nitrogen and oxygen atoms in total. The van der Waals surface area contributed by atoms with Crippen LogP contribution in [-0.2, 0) is 4.74 Å². The van der Waals surface area contributed by atoms with Crippen LogP contribution in [0, 0.1) is 0 Å². The van der Waals surface area contributed by atoms with Gasteiger partial charge >= 0.3 is 0 Å². The second kappa shape index (κ2) is 7.76. The third-order valence-electron chi connectivity index (χ3n) is 1.43. The molecule has 0 bridgehead atoms. The molecule has 1 aromatic rings. The Labute approximate surface area is 90.7 Å². The van der Waals surface area contributed by atoms with Gasteiger partial charge in [0.15, 0.2) is 0 Å². The first kappa shape index (κ1) is 13.4. The van der Waals surface area contributed by atoms with E-state index < -0.39 is 0 Å². The number of ether oxygens (including phenoxy) is 1. The zero-order valence-corrected chi connectivity index (χ0v) is 9.23. The molecule has 0 aromatic carbocycles. The van der Waals surface area contributed by atoms with Gasteiger partial charge in [-0.2, -0.15) is 0 Å². The lowest BCUT2D eigenvalue weighted by Gasteiger charge is -2.08. The Kier molecular flexibility index (Phi) is 6.93. The molecule has 0 aliphatic rings. The molecule has 0 unspecified atom stereocenters. The maximum Gasteiger partial charge on any atom is 0.128 e. The number of aromatic nitrogens is 1. The lowest BCUT2D eigenvalue weighted by atomic mass is 10.2. The van der Waals surface area contributed by atoms with Crippen LogP contribution in [0.4, 0.5) is 0 Å². The summed E-state index contributed by atoms with van der Waals surface area (Å²) >= 11 is 0. The van der Waals surface area contributed by atoms with Gasteiger partial charge in [0.05, 0.1) is 0 Å². The van der Waals surface area contributed by atoms with Crippen molar-refractivity contribution in [1.29, 1.82) is 0 Å². The molecule has 0 spiro atoms. The molecular formula is C12H17NO2. The quantitative estimate of drug-likeness (QED) is 0.772. The third-order valence-corrected chi connectivity index (χ3v) is 1.43. The minimum atomic E-state index is -0.209. The Morgan fingerprint density at radius 1 is 1.47 bits per heavy atom. The van der Waals surface area contributed by atoms with E-state index >= 15 is 0 Å². The van der Waals surface area contributed by atoms with Crippen molar-refractivity contribution in [2.45, 2.75) is 13.8 Å². The van der Waals surface area contributed by atoms with E-state index in [4.69, 9.17) is 9.84 Å². The van der Waals surface area contributed by atoms with Gasteiger partial charge in [-0.3, -0.25) is 4.98 Å². The van der Waals surface area contributed by atoms with Crippen molar-refractivity contribution in [3.05, 3.63) is 49.0 Å². The number of hydrogen-bond acceptors (Lipinski definition) is 3. The summed E-state index contributed by atoms with van der Waals surface area (Å²) in [5.41, 5.74) is 0.775. The van der Waals surface area contributed by atoms with Crippen molar-refractivity contribution < 1.29 is 9.84 Å². The van der Waals surface area contributed by atoms with Gasteiger partial charge in [0, 0.05) is 18.0 Å². The van der Waals surface area contributed by atoms with Crippen LogP contribution in [0.2, 0.25) is 0 Å². The van der Waals surface area contributed by atoms with E-state index in [1.165, 1.54) is 0 Å². The van der Waals surface area contributed by atoms with Crippen molar-refractivity contribution in [2.24, 2.45) is 0 Å². The van der Waals surface area contributed by atoms with E-state index in [1.54, 1.807) is 18.5 Å². The summed E-state index contributed by atoms with van der Waals surface area (Å²) in [6.45, 7) is 11.0. The van der Waals surface area contributed by atoms with Crippen LogP contribution < -0.4 is 0 Å². The Balaban J connectivity index is 0.000000921. The summed E-state index contributed by atoms with van der Waals surface area (Å²) < 4.78 is 5.11. The van der Waals surface area contributed by atoms with Gasteiger partial charge in [-0.15, -0.1) is 0 Å². The first-order valence-corrected chi connectivity index (χ1v) is 4.80. The third kappa shape index (κ3) is 4.98. The van der Waals surface area contributed by atoms with E-state index in [0.29, 0.717) is 5.76 Å². The first-order chi connectivity index (χ1) is 7.24. The van der Waals surface area contributed by atoms with Crippen LogP contribution in [0.5, 0.6) is 0 Å². The van der Waals surface area contributed by atoms with E-state index in [2.05, 4.69) is 18.1 Å². The summed E-state index contributed by atoms with van der Waals surface area (Å²) in [5, 5.41) is 8.65. The van der Waals surface area contributed by atoms with Crippen molar-refractivity contribution in [3.8, 4) is 0 Å². The zero-order chi connectivity index (χ0) is 11.7. The van der Waals surface area contributed by atoms with E-state index in [-0.39, 0.29) is 12.4 Å². The molecule has 15 heavy (non-hydrogen) atoms. The molecule has 0 saturated carbocycles. The fourth-order valence-corrected chi connectivity index (χ4v) is 0.793. The van der Waals surface area contributed by atoms with Crippen LogP contribution in [0.25, 0.3) is 5.76 Å². The van der Waals surface area contributed by atoms with E-state index in [9.17, 15) is 0 Å². The minimum Gasteiger partial charge on any atom is -0.460 e. The molecule has 1 aromatic heterocycles. The van der Waals surface area contributed by atoms with Gasteiger partial charge in [-0.05, 0) is 12.1 Å². The van der Waals surface area contributed by atoms with Gasteiger partial charge in [-0.1, -0.05) is 27.0 Å². The summed E-state index contributed by atoms with van der Waals surface area (Å²) in [7, 11) is 0. The molecule has 3 heteroatoms. The second-order valence-electron chi connectivity index (χ2n) is 2.46. The van der Waals surface area contributed by atoms with Gasteiger partial charge in [0.25, 0.3) is 0 Å². The fourth-order valence-electron chi connectivity index (χ4n) is 0.793. The van der Waals surface area contributed by atoms with Crippen molar-refractivity contribution in [2.75, 3.05) is 6.61 Å². The Morgan fingerprint density at radius 2 is 2.13 bits per heavy atom. The molecule has 1 heterocycles. The average molecular weight is 207 g/mol. The lowest BCUT2D eigenvalue weighted by Crippen LogP contribution is -1.95. The topological polar surface area (TPSA) is 42.4 Å². The van der Waals surface area contributed by atoms with Crippen LogP contribution in [-0.4, -0.2) is 16.7 Å². The van der Waals surface area contributed by atoms with Crippen molar-refractivity contribution >= 4 is 5.76 Å². The maximum absolute atomic E-state index is 8.65.